The van der Waals surface area contributed by atoms with E-state index in [1.165, 1.54) is 0 Å². The molecular formula is C8H16ClNO3. The Balaban J connectivity index is 0.000000310. The number of hydrogen-bond donors (Lipinski definition) is 2. The summed E-state index contributed by atoms with van der Waals surface area (Å²) in [6.45, 7) is 5.40. The second kappa shape index (κ2) is 7.12. The first kappa shape index (κ1) is 12.7. The van der Waals surface area contributed by atoms with Crippen molar-refractivity contribution in [1.29, 1.82) is 0 Å². The molecule has 2 N–H and O–H groups in total. The summed E-state index contributed by atoms with van der Waals surface area (Å²) in [5.74, 6) is -0.838. The van der Waals surface area contributed by atoms with Crippen LogP contribution in [0.2, 0.25) is 0 Å². The molecule has 1 saturated heterocycles. The van der Waals surface area contributed by atoms with Crippen LogP contribution in [0.3, 0.4) is 0 Å². The molecule has 1 aliphatic rings. The number of hydrogen-bond acceptors (Lipinski definition) is 3. The maximum Gasteiger partial charge on any atom is 0.323 e. The van der Waals surface area contributed by atoms with Crippen LogP contribution < -0.4 is 5.32 Å². The first-order valence-electron chi connectivity index (χ1n) is 4.22. The molecule has 4 nitrogen and oxygen atoms in total. The lowest BCUT2D eigenvalue weighted by Gasteiger charge is -2.19. The Morgan fingerprint density at radius 3 is 2.46 bits per heavy atom. The molecule has 0 aliphatic carbocycles. The third-order valence-corrected chi connectivity index (χ3v) is 1.22. The van der Waals surface area contributed by atoms with Gasteiger partial charge in [0.2, 0.25) is 0 Å². The van der Waals surface area contributed by atoms with Crippen molar-refractivity contribution < 1.29 is 14.6 Å². The highest BCUT2D eigenvalue weighted by Crippen LogP contribution is 1.91. The number of morpholine rings is 1. The molecule has 1 rings (SSSR count). The predicted octanol–water partition coefficient (Wildman–Crippen LogP) is 0.693. The summed E-state index contributed by atoms with van der Waals surface area (Å²) in [7, 11) is 0. The minimum Gasteiger partial charge on any atom is -0.480 e. The van der Waals surface area contributed by atoms with E-state index < -0.39 is 12.0 Å². The molecule has 78 valence electrons. The van der Waals surface area contributed by atoms with Gasteiger partial charge in [-0.2, -0.15) is 0 Å². The van der Waals surface area contributed by atoms with Crippen molar-refractivity contribution in [3.8, 4) is 0 Å². The molecule has 1 unspecified atom stereocenters. The second-order valence-corrected chi connectivity index (χ2v) is 3.81. The van der Waals surface area contributed by atoms with E-state index in [1.807, 2.05) is 13.8 Å². The molecule has 1 heterocycles. The Labute approximate surface area is 83.2 Å². The van der Waals surface area contributed by atoms with Gasteiger partial charge in [0, 0.05) is 11.9 Å². The van der Waals surface area contributed by atoms with Crippen molar-refractivity contribution in [2.75, 3.05) is 19.8 Å². The Morgan fingerprint density at radius 1 is 1.69 bits per heavy atom. The summed E-state index contributed by atoms with van der Waals surface area (Å²) in [4.78, 5) is 10.2. The molecule has 0 radical (unpaired) electrons. The van der Waals surface area contributed by atoms with Gasteiger partial charge in [-0.15, -0.1) is 11.6 Å². The van der Waals surface area contributed by atoms with E-state index in [0.717, 1.165) is 0 Å². The van der Waals surface area contributed by atoms with Gasteiger partial charge >= 0.3 is 5.97 Å². The zero-order valence-corrected chi connectivity index (χ0v) is 8.67. The smallest absolute Gasteiger partial charge is 0.323 e. The summed E-state index contributed by atoms with van der Waals surface area (Å²) >= 11 is 5.27. The molecule has 0 aromatic heterocycles. The third-order valence-electron chi connectivity index (χ3n) is 1.22. The van der Waals surface area contributed by atoms with Gasteiger partial charge in [-0.3, -0.25) is 4.79 Å². The van der Waals surface area contributed by atoms with E-state index in [-0.39, 0.29) is 6.61 Å². The number of aliphatic carboxylic acids is 1. The number of alkyl halides is 1. The minimum absolute atomic E-state index is 0.287. The molecule has 0 saturated carbocycles. The quantitative estimate of drug-likeness (QED) is 0.624. The molecule has 13 heavy (non-hydrogen) atoms. The fourth-order valence-corrected chi connectivity index (χ4v) is 0.724. The van der Waals surface area contributed by atoms with Gasteiger partial charge in [0.25, 0.3) is 0 Å². The van der Waals surface area contributed by atoms with Crippen LogP contribution in [0.1, 0.15) is 13.8 Å². The number of ether oxygens (including phenoxy) is 1. The van der Waals surface area contributed by atoms with Crippen LogP contribution in [0.5, 0.6) is 0 Å². The van der Waals surface area contributed by atoms with E-state index in [4.69, 9.17) is 21.4 Å². The van der Waals surface area contributed by atoms with Crippen molar-refractivity contribution in [2.45, 2.75) is 25.3 Å². The Kier molecular flexibility index (Phi) is 6.94. The van der Waals surface area contributed by atoms with Gasteiger partial charge in [-0.25, -0.2) is 0 Å². The highest BCUT2D eigenvalue weighted by Gasteiger charge is 2.19. The van der Waals surface area contributed by atoms with E-state index in [0.29, 0.717) is 18.5 Å². The Hall–Kier alpha value is -0.320. The summed E-state index contributed by atoms with van der Waals surface area (Å²) in [5, 5.41) is 11.5. The van der Waals surface area contributed by atoms with Crippen LogP contribution in [0.4, 0.5) is 0 Å². The third kappa shape index (κ3) is 8.02. The van der Waals surface area contributed by atoms with Gasteiger partial charge in [-0.05, 0) is 13.8 Å². The van der Waals surface area contributed by atoms with Crippen molar-refractivity contribution >= 4 is 17.6 Å². The topological polar surface area (TPSA) is 58.6 Å². The van der Waals surface area contributed by atoms with Crippen molar-refractivity contribution in [3.05, 3.63) is 0 Å². The minimum atomic E-state index is -0.838. The molecule has 1 aliphatic heterocycles. The summed E-state index contributed by atoms with van der Waals surface area (Å²) < 4.78 is 4.90. The number of carboxylic acid groups (broad SMARTS) is 1. The normalized spacial score (nSPS) is 22.0. The molecular weight excluding hydrogens is 194 g/mol. The number of rotatable bonds is 1. The van der Waals surface area contributed by atoms with Crippen LogP contribution >= 0.6 is 11.6 Å². The zero-order valence-electron chi connectivity index (χ0n) is 7.92. The maximum absolute atomic E-state index is 10.2. The summed E-state index contributed by atoms with van der Waals surface area (Å²) in [6.07, 6.45) is 0. The average Bonchev–Trinajstić information content (AvgIpc) is 2.05. The predicted molar refractivity (Wildman–Crippen MR) is 51.2 cm³/mol. The Morgan fingerprint density at radius 2 is 2.23 bits per heavy atom. The van der Waals surface area contributed by atoms with Crippen LogP contribution in [-0.4, -0.2) is 42.3 Å². The lowest BCUT2D eigenvalue weighted by molar-refractivity contribution is -0.142. The van der Waals surface area contributed by atoms with Crippen LogP contribution in [-0.2, 0) is 9.53 Å². The average molecular weight is 210 g/mol. The van der Waals surface area contributed by atoms with E-state index in [9.17, 15) is 4.79 Å². The molecule has 1 fully saturated rings. The van der Waals surface area contributed by atoms with Gasteiger partial charge < -0.3 is 15.2 Å². The highest BCUT2D eigenvalue weighted by atomic mass is 35.5. The maximum atomic E-state index is 10.2. The first-order valence-corrected chi connectivity index (χ1v) is 4.65. The van der Waals surface area contributed by atoms with Crippen LogP contribution in [0.25, 0.3) is 0 Å². The Bertz CT molecular complexity index is 144. The zero-order chi connectivity index (χ0) is 10.3. The van der Waals surface area contributed by atoms with Crippen LogP contribution in [0, 0.1) is 0 Å². The molecule has 0 aromatic rings. The number of nitrogens with one attached hydrogen (secondary N) is 1. The lowest BCUT2D eigenvalue weighted by Crippen LogP contribution is -2.46. The van der Waals surface area contributed by atoms with E-state index in [2.05, 4.69) is 5.32 Å². The van der Waals surface area contributed by atoms with Crippen molar-refractivity contribution in [3.63, 3.8) is 0 Å². The highest BCUT2D eigenvalue weighted by molar-refractivity contribution is 6.20. The van der Waals surface area contributed by atoms with Gasteiger partial charge in [0.05, 0.1) is 13.2 Å². The molecule has 0 amide bonds. The van der Waals surface area contributed by atoms with Crippen molar-refractivity contribution in [2.24, 2.45) is 0 Å². The standard InChI is InChI=1S/C5H9NO3.C3H7Cl/c7-5(8)4-3-9-2-1-6-4;1-3(2)4/h4,6H,1-3H2,(H,7,8);3H,1-2H3. The van der Waals surface area contributed by atoms with Gasteiger partial charge in [-0.1, -0.05) is 0 Å². The fourth-order valence-electron chi connectivity index (χ4n) is 0.724. The monoisotopic (exact) mass is 209 g/mol. The lowest BCUT2D eigenvalue weighted by atomic mass is 10.3. The molecule has 0 bridgehead atoms. The second-order valence-electron chi connectivity index (χ2n) is 2.93. The molecule has 5 heteroatoms. The fraction of sp³-hybridized carbons (Fsp3) is 0.875. The van der Waals surface area contributed by atoms with E-state index in [1.54, 1.807) is 0 Å². The molecule has 1 atom stereocenters. The number of halogens is 1. The number of carboxylic acids is 1. The summed E-state index contributed by atoms with van der Waals surface area (Å²) in [6, 6.07) is -0.501. The van der Waals surface area contributed by atoms with Crippen LogP contribution in [0.15, 0.2) is 0 Å². The van der Waals surface area contributed by atoms with E-state index >= 15 is 0 Å². The SMILES string of the molecule is CC(C)Cl.O=C(O)C1COCCN1. The summed E-state index contributed by atoms with van der Waals surface area (Å²) in [5.41, 5.74) is 0. The largest absolute Gasteiger partial charge is 0.480 e. The molecule has 0 aromatic carbocycles. The number of carbonyl (C=O) groups is 1. The van der Waals surface area contributed by atoms with Crippen molar-refractivity contribution in [1.82, 2.24) is 5.32 Å². The first-order chi connectivity index (χ1) is 6.04. The van der Waals surface area contributed by atoms with Gasteiger partial charge in [0.1, 0.15) is 6.04 Å². The van der Waals surface area contributed by atoms with Gasteiger partial charge in [0.15, 0.2) is 0 Å². The molecule has 0 spiro atoms.